The van der Waals surface area contributed by atoms with Crippen molar-refractivity contribution >= 4 is 23.2 Å². The second-order valence-corrected chi connectivity index (χ2v) is 7.84. The fourth-order valence-electron chi connectivity index (χ4n) is 4.01. The van der Waals surface area contributed by atoms with Crippen LogP contribution in [0.5, 0.6) is 0 Å². The van der Waals surface area contributed by atoms with E-state index in [4.69, 9.17) is 9.63 Å². The molecule has 0 amide bonds. The molecule has 1 aromatic rings. The number of aliphatic imine (C=N–C) groups is 1. The van der Waals surface area contributed by atoms with Crippen LogP contribution in [0.3, 0.4) is 0 Å². The molecule has 1 fully saturated rings. The fourth-order valence-corrected chi connectivity index (χ4v) is 4.01. The first-order valence-electron chi connectivity index (χ1n) is 10.7. The molecule has 1 aromatic heterocycles. The standard InChI is InChI=1S/C22H28N2O6/c25-16-7-4-6-14(23-13-3-1-2-10-20(28)29)21(16)18(27)12-11-15-22-17(26)8-5-9-19(22)30-24-15/h27H,1-13H2,(H,28,29)/b21-18+,23-14?. The van der Waals surface area contributed by atoms with Gasteiger partial charge in [0, 0.05) is 50.8 Å². The smallest absolute Gasteiger partial charge is 0.303 e. The lowest BCUT2D eigenvalue weighted by Gasteiger charge is -2.18. The highest BCUT2D eigenvalue weighted by Crippen LogP contribution is 2.27. The highest BCUT2D eigenvalue weighted by Gasteiger charge is 2.28. The van der Waals surface area contributed by atoms with Gasteiger partial charge in [0.2, 0.25) is 0 Å². The van der Waals surface area contributed by atoms with Crippen LogP contribution in [0.25, 0.3) is 0 Å². The molecule has 1 heterocycles. The second kappa shape index (κ2) is 10.3. The van der Waals surface area contributed by atoms with E-state index in [0.717, 1.165) is 19.3 Å². The van der Waals surface area contributed by atoms with E-state index in [1.54, 1.807) is 0 Å². The third kappa shape index (κ3) is 5.43. The van der Waals surface area contributed by atoms with E-state index in [1.165, 1.54) is 0 Å². The summed E-state index contributed by atoms with van der Waals surface area (Å²) in [5, 5.41) is 23.3. The number of hydrogen-bond acceptors (Lipinski definition) is 7. The summed E-state index contributed by atoms with van der Waals surface area (Å²) < 4.78 is 5.28. The molecule has 0 radical (unpaired) electrons. The lowest BCUT2D eigenvalue weighted by Crippen LogP contribution is -2.22. The van der Waals surface area contributed by atoms with Crippen molar-refractivity contribution in [3.8, 4) is 0 Å². The molecule has 162 valence electrons. The third-order valence-corrected chi connectivity index (χ3v) is 5.54. The summed E-state index contributed by atoms with van der Waals surface area (Å²) in [7, 11) is 0. The first kappa shape index (κ1) is 21.9. The number of carbonyl (C=O) groups excluding carboxylic acids is 2. The van der Waals surface area contributed by atoms with Gasteiger partial charge >= 0.3 is 5.97 Å². The van der Waals surface area contributed by atoms with E-state index in [9.17, 15) is 19.5 Å². The summed E-state index contributed by atoms with van der Waals surface area (Å²) in [6.07, 6.45) is 6.45. The Morgan fingerprint density at radius 2 is 1.73 bits per heavy atom. The summed E-state index contributed by atoms with van der Waals surface area (Å²) in [6.45, 7) is 0.504. The molecule has 0 aliphatic heterocycles. The van der Waals surface area contributed by atoms with Gasteiger partial charge in [-0.1, -0.05) is 11.6 Å². The Kier molecular flexibility index (Phi) is 7.54. The van der Waals surface area contributed by atoms with Crippen LogP contribution in [0.1, 0.15) is 86.0 Å². The number of carboxylic acid groups (broad SMARTS) is 1. The van der Waals surface area contributed by atoms with E-state index in [-0.39, 0.29) is 30.2 Å². The lowest BCUT2D eigenvalue weighted by molar-refractivity contribution is -0.137. The van der Waals surface area contributed by atoms with Gasteiger partial charge in [0.05, 0.1) is 16.8 Å². The van der Waals surface area contributed by atoms with E-state index < -0.39 is 5.97 Å². The average Bonchev–Trinajstić information content (AvgIpc) is 3.13. The Morgan fingerprint density at radius 1 is 0.967 bits per heavy atom. The van der Waals surface area contributed by atoms with Crippen molar-refractivity contribution in [2.75, 3.05) is 6.54 Å². The molecular weight excluding hydrogens is 388 g/mol. The number of nitrogens with zero attached hydrogens (tertiary/aromatic N) is 2. The van der Waals surface area contributed by atoms with E-state index in [2.05, 4.69) is 10.1 Å². The van der Waals surface area contributed by atoms with Crippen LogP contribution in [-0.4, -0.2) is 45.2 Å². The van der Waals surface area contributed by atoms with Crippen molar-refractivity contribution in [2.24, 2.45) is 4.99 Å². The number of hydrogen-bond donors (Lipinski definition) is 2. The van der Waals surface area contributed by atoms with Crippen molar-refractivity contribution in [1.29, 1.82) is 0 Å². The molecule has 0 spiro atoms. The Morgan fingerprint density at radius 3 is 2.53 bits per heavy atom. The third-order valence-electron chi connectivity index (χ3n) is 5.54. The minimum Gasteiger partial charge on any atom is -0.511 e. The van der Waals surface area contributed by atoms with Crippen LogP contribution in [0, 0.1) is 0 Å². The van der Waals surface area contributed by atoms with Gasteiger partial charge in [-0.3, -0.25) is 19.4 Å². The van der Waals surface area contributed by atoms with Gasteiger partial charge in [-0.15, -0.1) is 0 Å². The molecule has 1 saturated carbocycles. The molecule has 0 atom stereocenters. The minimum absolute atomic E-state index is 0.00987. The predicted molar refractivity (Wildman–Crippen MR) is 109 cm³/mol. The summed E-state index contributed by atoms with van der Waals surface area (Å²) in [5.41, 5.74) is 2.02. The van der Waals surface area contributed by atoms with Gasteiger partial charge in [-0.2, -0.15) is 0 Å². The van der Waals surface area contributed by atoms with Gasteiger partial charge in [-0.25, -0.2) is 0 Å². The molecule has 30 heavy (non-hydrogen) atoms. The summed E-state index contributed by atoms with van der Waals surface area (Å²) in [4.78, 5) is 39.7. The summed E-state index contributed by atoms with van der Waals surface area (Å²) in [6, 6.07) is 0. The van der Waals surface area contributed by atoms with Crippen molar-refractivity contribution in [2.45, 2.75) is 77.0 Å². The van der Waals surface area contributed by atoms with Crippen molar-refractivity contribution in [1.82, 2.24) is 5.16 Å². The zero-order valence-electron chi connectivity index (χ0n) is 17.1. The first-order chi connectivity index (χ1) is 14.5. The molecule has 0 unspecified atom stereocenters. The van der Waals surface area contributed by atoms with E-state index >= 15 is 0 Å². The molecule has 0 saturated heterocycles. The Bertz CT molecular complexity index is 880. The summed E-state index contributed by atoms with van der Waals surface area (Å²) in [5.74, 6) is -0.277. The van der Waals surface area contributed by atoms with Crippen LogP contribution in [0.4, 0.5) is 0 Å². The van der Waals surface area contributed by atoms with E-state index in [1.807, 2.05) is 0 Å². The highest BCUT2D eigenvalue weighted by atomic mass is 16.5. The number of aliphatic carboxylic acids is 1. The summed E-state index contributed by atoms with van der Waals surface area (Å²) >= 11 is 0. The van der Waals surface area contributed by atoms with Gasteiger partial charge in [0.25, 0.3) is 0 Å². The SMILES string of the molecule is O=C(O)CCCCCN=C1CCCC(=O)/C1=C(/O)CCc1noc2c1C(=O)CCC2. The largest absolute Gasteiger partial charge is 0.511 e. The number of unbranched alkanes of at least 4 members (excludes halogenated alkanes) is 2. The van der Waals surface area contributed by atoms with E-state index in [0.29, 0.717) is 79.8 Å². The molecule has 2 aliphatic rings. The number of rotatable bonds is 9. The number of carbonyl (C=O) groups is 3. The number of aliphatic hydroxyl groups is 1. The molecule has 3 rings (SSSR count). The first-order valence-corrected chi connectivity index (χ1v) is 10.7. The van der Waals surface area contributed by atoms with Gasteiger partial charge in [0.1, 0.15) is 11.5 Å². The molecule has 8 heteroatoms. The predicted octanol–water partition coefficient (Wildman–Crippen LogP) is 3.78. The minimum atomic E-state index is -0.801. The average molecular weight is 416 g/mol. The Labute approximate surface area is 175 Å². The molecule has 2 N–H and O–H groups in total. The van der Waals surface area contributed by atoms with Crippen molar-refractivity contribution in [3.63, 3.8) is 0 Å². The Balaban J connectivity index is 1.64. The number of allylic oxidation sites excluding steroid dienone is 2. The number of ketones is 2. The lowest BCUT2D eigenvalue weighted by atomic mass is 9.88. The Hall–Kier alpha value is -2.77. The maximum Gasteiger partial charge on any atom is 0.303 e. The number of Topliss-reactive ketones (excluding diaryl/α,β-unsaturated/α-hetero) is 2. The number of aromatic nitrogens is 1. The number of carboxylic acids is 1. The van der Waals surface area contributed by atoms with Crippen LogP contribution in [0.2, 0.25) is 0 Å². The molecule has 0 aromatic carbocycles. The maximum atomic E-state index is 12.5. The molecule has 2 aliphatic carbocycles. The number of aryl methyl sites for hydroxylation is 2. The highest BCUT2D eigenvalue weighted by molar-refractivity contribution is 6.24. The maximum absolute atomic E-state index is 12.5. The van der Waals surface area contributed by atoms with Gasteiger partial charge in [0.15, 0.2) is 11.6 Å². The molecule has 0 bridgehead atoms. The van der Waals surface area contributed by atoms with Crippen molar-refractivity contribution in [3.05, 3.63) is 28.3 Å². The van der Waals surface area contributed by atoms with Gasteiger partial charge < -0.3 is 14.7 Å². The zero-order valence-corrected chi connectivity index (χ0v) is 17.1. The molecular formula is C22H28N2O6. The zero-order chi connectivity index (χ0) is 21.5. The van der Waals surface area contributed by atoms with Crippen molar-refractivity contribution < 1.29 is 29.1 Å². The monoisotopic (exact) mass is 416 g/mol. The quantitative estimate of drug-likeness (QED) is 0.356. The number of aliphatic hydroxyl groups excluding tert-OH is 1. The molecule has 8 nitrogen and oxygen atoms in total. The van der Waals surface area contributed by atoms with Gasteiger partial charge in [-0.05, 0) is 32.1 Å². The van der Waals surface area contributed by atoms with Crippen LogP contribution in [0.15, 0.2) is 20.8 Å². The van der Waals surface area contributed by atoms with Crippen LogP contribution < -0.4 is 0 Å². The number of fused-ring (bicyclic) bond motifs is 1. The normalized spacial score (nSPS) is 19.8. The topological polar surface area (TPSA) is 130 Å². The van der Waals surface area contributed by atoms with Crippen LogP contribution in [-0.2, 0) is 22.4 Å². The second-order valence-electron chi connectivity index (χ2n) is 7.84. The van der Waals surface area contributed by atoms with Crippen LogP contribution >= 0.6 is 0 Å². The fraction of sp³-hybridized carbons (Fsp3) is 0.591.